The molecule has 0 saturated carbocycles. The van der Waals surface area contributed by atoms with Gasteiger partial charge in [0, 0.05) is 23.5 Å². The zero-order valence-electron chi connectivity index (χ0n) is 58.3. The second kappa shape index (κ2) is 42.0. The first kappa shape index (κ1) is 91.7. The molecule has 1 aliphatic heterocycles. The van der Waals surface area contributed by atoms with Crippen molar-refractivity contribution >= 4 is 248 Å². The number of carbonyl (C=O) groups excluding carboxylic acids is 4. The highest BCUT2D eigenvalue weighted by Crippen LogP contribution is 2.41. The fraction of sp³-hybridized carbons (Fsp3) is 0.188. The number of hydrogen-bond acceptors (Lipinski definition) is 22. The number of aryl methyl sites for hydroxylation is 4. The van der Waals surface area contributed by atoms with Gasteiger partial charge in [-0.1, -0.05) is 106 Å². The molecule has 0 fully saturated rings. The Bertz CT molecular complexity index is 5540. The van der Waals surface area contributed by atoms with E-state index in [4.69, 9.17) is 92.0 Å². The Morgan fingerprint density at radius 1 is 0.591 bits per heavy atom. The van der Waals surface area contributed by atoms with Crippen molar-refractivity contribution in [2.24, 2.45) is 5.73 Å². The summed E-state index contributed by atoms with van der Waals surface area (Å²) in [5, 5.41) is 40.5. The van der Waals surface area contributed by atoms with E-state index in [0.717, 1.165) is 26.3 Å². The number of carbonyl (C=O) groups is 4. The maximum absolute atomic E-state index is 12.7. The highest BCUT2D eigenvalue weighted by molar-refractivity contribution is 9.11. The number of halogens is 12. The standard InChI is InChI=1S/C11H9ClN2O.C10H10BrClN2O4.C10H9ClN2O2.C10H7ClN2O2.C9H8BrClN2O.C9H6BrClN2O.C6H2BrClFNO2.C4H9NO2/c1-3-7-4-5-8-10(9(7)12)14-11(15)6(2)13-8;1-5(10(15)18-2)13-7-4-3-6(11)8(12)9(7)14(16)17;2*1-5-10(15)13-9-7(12-5)3-2-6(4-14)8(9)11;2*1-4-9(14)13-8-6(12-4)3-2-5(10)7(8)11;7-3-1-2-4(9)6(5(3)8)10(11)12;1-3(5)4(6)7-2/h3-5H,1H2,2H3,(H,14,15);3-5,13H,1-2H3;2-3,14H,4H2,1H3,(H,13,15);2-4H,1H3,(H,13,15);2-4,12H,1H3,(H,13,14);2-3H,1H3,(H,13,14);1-2H;3H,5H2,1-2H3. The molecule has 0 aliphatic carbocycles. The molecule has 5 heterocycles. The molecule has 7 aromatic carbocycles. The molecule has 1 amide bonds. The Morgan fingerprint density at radius 3 is 1.39 bits per heavy atom. The van der Waals surface area contributed by atoms with Crippen LogP contribution in [0.2, 0.25) is 35.2 Å². The van der Waals surface area contributed by atoms with Crippen molar-refractivity contribution in [3.05, 3.63) is 251 Å². The summed E-state index contributed by atoms with van der Waals surface area (Å²) in [6, 6.07) is 21.5. The number of aliphatic hydroxyl groups is 1. The van der Waals surface area contributed by atoms with Gasteiger partial charge in [0.05, 0.1) is 111 Å². The van der Waals surface area contributed by atoms with E-state index in [1.807, 2.05) is 18.2 Å². The number of nitro groups is 2. The third kappa shape index (κ3) is 23.8. The second-order valence-corrected chi connectivity index (χ2v) is 28.4. The number of ether oxygens (including phenoxy) is 2. The number of aldehydes is 1. The molecular weight excluding hydrogens is 1850 g/mol. The van der Waals surface area contributed by atoms with Crippen molar-refractivity contribution in [1.29, 1.82) is 0 Å². The van der Waals surface area contributed by atoms with E-state index in [9.17, 15) is 63.0 Å². The monoisotopic (exact) mass is 1900 g/mol. The van der Waals surface area contributed by atoms with Gasteiger partial charge in [-0.2, -0.15) is 4.39 Å². The van der Waals surface area contributed by atoms with E-state index >= 15 is 0 Å². The Balaban J connectivity index is 0.000000227. The number of anilines is 3. The van der Waals surface area contributed by atoms with E-state index < -0.39 is 39.4 Å². The Hall–Kier alpha value is -8.88. The minimum absolute atomic E-state index is 0.0259. The van der Waals surface area contributed by atoms with Crippen LogP contribution in [0.25, 0.3) is 50.2 Å². The Morgan fingerprint density at radius 2 is 0.973 bits per heavy atom. The number of benzene rings is 7. The van der Waals surface area contributed by atoms with E-state index in [1.54, 1.807) is 96.1 Å². The number of aromatic nitrogens is 8. The molecule has 0 radical (unpaired) electrons. The molecule has 12 rings (SSSR count). The third-order valence-electron chi connectivity index (χ3n) is 14.6. The fourth-order valence-corrected chi connectivity index (χ4v) is 11.7. The summed E-state index contributed by atoms with van der Waals surface area (Å²) in [7, 11) is 2.55. The largest absolute Gasteiger partial charge is 0.468 e. The first-order valence-electron chi connectivity index (χ1n) is 30.9. The van der Waals surface area contributed by atoms with Crippen LogP contribution >= 0.6 is 145 Å². The molecule has 3 atom stereocenters. The van der Waals surface area contributed by atoms with Crippen LogP contribution in [0.4, 0.5) is 32.8 Å². The van der Waals surface area contributed by atoms with Gasteiger partial charge in [0.25, 0.3) is 22.2 Å². The van der Waals surface area contributed by atoms with Crippen molar-refractivity contribution in [2.45, 2.75) is 73.2 Å². The topological polar surface area (TPSA) is 438 Å². The molecule has 4 aromatic heterocycles. The van der Waals surface area contributed by atoms with E-state index in [-0.39, 0.29) is 73.2 Å². The molecular formula is C69H60Br4Cl7FN14O15. The van der Waals surface area contributed by atoms with Crippen LogP contribution in [0.15, 0.2) is 129 Å². The molecule has 580 valence electrons. The average molecular weight is 1910 g/mol. The van der Waals surface area contributed by atoms with Gasteiger partial charge in [-0.05, 0) is 196 Å². The van der Waals surface area contributed by atoms with E-state index in [1.165, 1.54) is 33.3 Å². The fourth-order valence-electron chi connectivity index (χ4n) is 8.77. The number of hydrogen-bond donors (Lipinski definition) is 9. The number of rotatable bonds is 9. The number of nitro benzene ring substituents is 2. The molecule has 0 bridgehead atoms. The quantitative estimate of drug-likeness (QED) is 0.0213. The Labute approximate surface area is 690 Å². The average Bonchev–Trinajstić information content (AvgIpc) is 0.840. The van der Waals surface area contributed by atoms with Gasteiger partial charge in [0.1, 0.15) is 56.6 Å². The summed E-state index contributed by atoms with van der Waals surface area (Å²) >= 11 is 54.0. The van der Waals surface area contributed by atoms with Crippen molar-refractivity contribution < 1.29 is 48.0 Å². The maximum atomic E-state index is 12.7. The molecule has 41 heteroatoms. The van der Waals surface area contributed by atoms with Crippen LogP contribution in [0.3, 0.4) is 0 Å². The minimum atomic E-state index is -0.937. The first-order chi connectivity index (χ1) is 51.7. The number of nitrogens with zero attached hydrogens (tertiary/aromatic N) is 6. The third-order valence-corrected chi connectivity index (χ3v) is 20.9. The lowest BCUT2D eigenvalue weighted by molar-refractivity contribution is -0.387. The van der Waals surface area contributed by atoms with Gasteiger partial charge < -0.3 is 56.2 Å². The molecule has 3 unspecified atom stereocenters. The van der Waals surface area contributed by atoms with Gasteiger partial charge >= 0.3 is 23.3 Å². The number of nitrogens with two attached hydrogens (primary N) is 1. The van der Waals surface area contributed by atoms with E-state index in [0.29, 0.717) is 119 Å². The van der Waals surface area contributed by atoms with Crippen molar-refractivity contribution in [3.63, 3.8) is 0 Å². The second-order valence-electron chi connectivity index (χ2n) is 22.3. The van der Waals surface area contributed by atoms with Gasteiger partial charge in [-0.25, -0.2) is 24.7 Å². The van der Waals surface area contributed by atoms with Crippen LogP contribution in [0.1, 0.15) is 65.0 Å². The van der Waals surface area contributed by atoms with Gasteiger partial charge in [0.15, 0.2) is 6.29 Å². The number of amides is 1. The lowest BCUT2D eigenvalue weighted by atomic mass is 10.1. The number of nitrogens with one attached hydrogen (secondary N) is 7. The molecule has 1 aliphatic rings. The smallest absolute Gasteiger partial charge is 0.327 e. The number of fused-ring (bicyclic) bond motifs is 5. The lowest BCUT2D eigenvalue weighted by Crippen LogP contribution is -2.36. The maximum Gasteiger partial charge on any atom is 0.327 e. The number of H-pyrrole nitrogens is 4. The normalized spacial score (nSPS) is 12.1. The Kier molecular flexibility index (Phi) is 35.0. The number of aromatic amines is 4. The summed E-state index contributed by atoms with van der Waals surface area (Å²) in [6.45, 7) is 15.0. The molecule has 10 N–H and O–H groups in total. The predicted octanol–water partition coefficient (Wildman–Crippen LogP) is 16.7. The minimum Gasteiger partial charge on any atom is -0.468 e. The summed E-state index contributed by atoms with van der Waals surface area (Å²) in [6.07, 6.45) is 2.28. The van der Waals surface area contributed by atoms with Crippen molar-refractivity contribution in [2.75, 3.05) is 30.2 Å². The molecule has 110 heavy (non-hydrogen) atoms. The van der Waals surface area contributed by atoms with Gasteiger partial charge in [-0.3, -0.25) is 53.8 Å². The summed E-state index contributed by atoms with van der Waals surface area (Å²) < 4.78 is 23.7. The van der Waals surface area contributed by atoms with Crippen LogP contribution in [0, 0.1) is 53.7 Å². The number of methoxy groups -OCH3 is 2. The van der Waals surface area contributed by atoms with Gasteiger partial charge in [0.2, 0.25) is 11.7 Å². The van der Waals surface area contributed by atoms with E-state index in [2.05, 4.69) is 136 Å². The summed E-state index contributed by atoms with van der Waals surface area (Å²) in [4.78, 5) is 136. The van der Waals surface area contributed by atoms with Crippen LogP contribution < -0.4 is 43.9 Å². The highest BCUT2D eigenvalue weighted by Gasteiger charge is 2.26. The van der Waals surface area contributed by atoms with Crippen LogP contribution in [-0.4, -0.2) is 111 Å². The lowest BCUT2D eigenvalue weighted by Gasteiger charge is -2.25. The molecule has 0 saturated heterocycles. The van der Waals surface area contributed by atoms with Crippen LogP contribution in [0.5, 0.6) is 0 Å². The number of aliphatic hydroxyl groups excluding tert-OH is 1. The first-order valence-corrected chi connectivity index (χ1v) is 36.7. The summed E-state index contributed by atoms with van der Waals surface area (Å²) in [5.74, 6) is -1.91. The molecule has 29 nitrogen and oxygen atoms in total. The molecule has 11 aromatic rings. The van der Waals surface area contributed by atoms with Crippen LogP contribution in [-0.2, 0) is 30.5 Å². The van der Waals surface area contributed by atoms with Gasteiger partial charge in [-0.15, -0.1) is 0 Å². The SMILES string of the molecule is C=Cc1ccc2nc(C)c(=O)[nH]c2c1Cl.CC1Nc2ccc(Br)c(Cl)c2NC1=O.COC(=O)C(C)N.COC(=O)C(C)Nc1ccc(Br)c(Cl)c1[N+](=O)[O-].Cc1nc2ccc(Br)c(Cl)c2[nH]c1=O.Cc1nc2ccc(C=O)c(Cl)c2[nH]c1=O.Cc1nc2ccc(CO)c(Cl)c2[nH]c1=O.O=[N+]([O-])c1c(F)ccc(Br)c1Cl. The summed E-state index contributed by atoms with van der Waals surface area (Å²) in [5.41, 5.74) is 12.6. The molecule has 0 spiro atoms. The number of esters is 2. The highest BCUT2D eigenvalue weighted by atomic mass is 79.9. The predicted molar refractivity (Wildman–Crippen MR) is 441 cm³/mol. The van der Waals surface area contributed by atoms with Crippen molar-refractivity contribution in [1.82, 2.24) is 39.9 Å². The van der Waals surface area contributed by atoms with Crippen molar-refractivity contribution in [3.8, 4) is 0 Å². The zero-order chi connectivity index (χ0) is 82.6. The zero-order valence-corrected chi connectivity index (χ0v) is 70.0.